The van der Waals surface area contributed by atoms with E-state index in [4.69, 9.17) is 14.2 Å². The van der Waals surface area contributed by atoms with Gasteiger partial charge in [-0.25, -0.2) is 4.79 Å². The van der Waals surface area contributed by atoms with Gasteiger partial charge in [0.15, 0.2) is 12.1 Å². The zero-order chi connectivity index (χ0) is 43.5. The van der Waals surface area contributed by atoms with Gasteiger partial charge in [-0.05, 0) is 70.6 Å². The van der Waals surface area contributed by atoms with Crippen LogP contribution in [0.3, 0.4) is 0 Å². The number of aliphatic carboxylic acids is 1. The van der Waals surface area contributed by atoms with Crippen molar-refractivity contribution in [3.63, 3.8) is 0 Å². The zero-order valence-corrected chi connectivity index (χ0v) is 39.0. The van der Waals surface area contributed by atoms with E-state index < -0.39 is 18.1 Å². The number of likely N-dealkylation sites (N-methyl/N-ethyl adjacent to an activating group) is 1. The van der Waals surface area contributed by atoms with E-state index >= 15 is 0 Å². The van der Waals surface area contributed by atoms with Crippen LogP contribution in [0.4, 0.5) is 0 Å². The van der Waals surface area contributed by atoms with Gasteiger partial charge in [-0.3, -0.25) is 9.59 Å². The quantitative estimate of drug-likeness (QED) is 0.0283. The van der Waals surface area contributed by atoms with Crippen molar-refractivity contribution in [2.45, 2.75) is 219 Å². The van der Waals surface area contributed by atoms with Crippen molar-refractivity contribution in [2.75, 3.05) is 41.0 Å². The Morgan fingerprint density at radius 3 is 1.39 bits per heavy atom. The molecule has 0 bridgehead atoms. The molecule has 0 aliphatic heterocycles. The van der Waals surface area contributed by atoms with Crippen LogP contribution in [-0.2, 0) is 28.6 Å². The van der Waals surface area contributed by atoms with Crippen LogP contribution in [0.5, 0.6) is 0 Å². The molecule has 0 aromatic rings. The summed E-state index contributed by atoms with van der Waals surface area (Å²) in [6, 6.07) is -0.619. The van der Waals surface area contributed by atoms with Crippen molar-refractivity contribution < 1.29 is 38.2 Å². The van der Waals surface area contributed by atoms with Gasteiger partial charge in [0.2, 0.25) is 0 Å². The van der Waals surface area contributed by atoms with Gasteiger partial charge in [0.25, 0.3) is 0 Å². The van der Waals surface area contributed by atoms with Crippen LogP contribution < -0.4 is 0 Å². The lowest BCUT2D eigenvalue weighted by atomic mass is 10.1. The standard InChI is InChI=1S/C51H91NO7/c1-6-8-10-12-14-16-18-20-21-22-23-24-25-26-27-28-29-30-32-34-36-38-40-42-50(54)59-47(45-57-44-43-48(51(55)56)52(3,4)5)46-58-49(53)41-39-37-35-33-31-19-17-15-13-11-9-7-2/h9,11,15,17,23-24,26-27,47-48H,6-8,10,12-14,16,18-22,25,28-46H2,1-5H3/p+1/b11-9+,17-15+,24-23+,27-26+. The van der Waals surface area contributed by atoms with Crippen molar-refractivity contribution in [1.82, 2.24) is 0 Å². The molecule has 8 heteroatoms. The van der Waals surface area contributed by atoms with E-state index in [1.54, 1.807) is 0 Å². The molecular formula is C51H92NO7+. The highest BCUT2D eigenvalue weighted by Crippen LogP contribution is 2.14. The highest BCUT2D eigenvalue weighted by atomic mass is 16.6. The van der Waals surface area contributed by atoms with Crippen LogP contribution in [0.2, 0.25) is 0 Å². The first-order valence-electron chi connectivity index (χ1n) is 24.2. The van der Waals surface area contributed by atoms with E-state index in [1.165, 1.54) is 89.9 Å². The summed E-state index contributed by atoms with van der Waals surface area (Å²) in [5, 5.41) is 9.63. The SMILES string of the molecule is CC/C=C/C/C=C/CCCCCCCC(=O)OCC(COCCC(C(=O)O)[N+](C)(C)C)OC(=O)CCCCCCCCC/C=C/C/C=C/CCCCCCCCCCC. The Labute approximate surface area is 363 Å². The number of nitrogens with zero attached hydrogens (tertiary/aromatic N) is 1. The Morgan fingerprint density at radius 2 is 0.949 bits per heavy atom. The minimum atomic E-state index is -0.879. The third kappa shape index (κ3) is 40.5. The van der Waals surface area contributed by atoms with E-state index in [2.05, 4.69) is 62.5 Å². The van der Waals surface area contributed by atoms with Crippen molar-refractivity contribution in [2.24, 2.45) is 0 Å². The molecule has 0 radical (unpaired) electrons. The number of esters is 2. The average Bonchev–Trinajstić information content (AvgIpc) is 3.19. The molecule has 0 aliphatic rings. The number of quaternary nitrogens is 1. The molecule has 8 nitrogen and oxygen atoms in total. The Hall–Kier alpha value is -2.71. The predicted molar refractivity (Wildman–Crippen MR) is 248 cm³/mol. The fourth-order valence-electron chi connectivity index (χ4n) is 6.98. The molecule has 0 saturated heterocycles. The van der Waals surface area contributed by atoms with Gasteiger partial charge < -0.3 is 23.8 Å². The number of carboxylic acids is 1. The lowest BCUT2D eigenvalue weighted by molar-refractivity contribution is -0.887. The minimum Gasteiger partial charge on any atom is -0.477 e. The van der Waals surface area contributed by atoms with Gasteiger partial charge in [-0.1, -0.05) is 165 Å². The molecule has 0 aromatic carbocycles. The van der Waals surface area contributed by atoms with Crippen molar-refractivity contribution in [1.29, 1.82) is 0 Å². The molecule has 2 unspecified atom stereocenters. The largest absolute Gasteiger partial charge is 0.477 e. The van der Waals surface area contributed by atoms with Crippen LogP contribution >= 0.6 is 0 Å². The fourth-order valence-corrected chi connectivity index (χ4v) is 6.98. The highest BCUT2D eigenvalue weighted by molar-refractivity contribution is 5.72. The van der Waals surface area contributed by atoms with Crippen molar-refractivity contribution in [3.8, 4) is 0 Å². The molecule has 0 spiro atoms. The molecular weight excluding hydrogens is 739 g/mol. The monoisotopic (exact) mass is 831 g/mol. The molecule has 342 valence electrons. The minimum absolute atomic E-state index is 0.0527. The number of hydrogen-bond acceptors (Lipinski definition) is 6. The zero-order valence-electron chi connectivity index (χ0n) is 39.0. The topological polar surface area (TPSA) is 99.1 Å². The number of unbranched alkanes of at least 4 members (excludes halogenated alkanes) is 21. The van der Waals surface area contributed by atoms with Crippen molar-refractivity contribution in [3.05, 3.63) is 48.6 Å². The number of carbonyl (C=O) groups excluding carboxylic acids is 2. The lowest BCUT2D eigenvalue weighted by Crippen LogP contribution is -2.50. The molecule has 1 N–H and O–H groups in total. The predicted octanol–water partition coefficient (Wildman–Crippen LogP) is 13.6. The summed E-state index contributed by atoms with van der Waals surface area (Å²) in [6.07, 6.45) is 50.2. The molecule has 0 amide bonds. The summed E-state index contributed by atoms with van der Waals surface area (Å²) in [5.41, 5.74) is 0. The first-order valence-corrected chi connectivity index (χ1v) is 24.2. The second kappa shape index (κ2) is 42.0. The molecule has 0 aliphatic carbocycles. The summed E-state index contributed by atoms with van der Waals surface area (Å²) in [4.78, 5) is 37.0. The fraction of sp³-hybridized carbons (Fsp3) is 0.784. The second-order valence-corrected chi connectivity index (χ2v) is 17.3. The number of allylic oxidation sites excluding steroid dienone is 8. The number of carboxylic acid groups (broad SMARTS) is 1. The van der Waals surface area contributed by atoms with E-state index in [0.29, 0.717) is 19.3 Å². The average molecular weight is 831 g/mol. The summed E-state index contributed by atoms with van der Waals surface area (Å²) in [5.74, 6) is -1.49. The van der Waals surface area contributed by atoms with Gasteiger partial charge in [0.05, 0.1) is 34.4 Å². The maximum absolute atomic E-state index is 12.8. The van der Waals surface area contributed by atoms with Crippen LogP contribution in [0.25, 0.3) is 0 Å². The van der Waals surface area contributed by atoms with E-state index in [0.717, 1.165) is 83.5 Å². The van der Waals surface area contributed by atoms with Crippen molar-refractivity contribution >= 4 is 17.9 Å². The highest BCUT2D eigenvalue weighted by Gasteiger charge is 2.31. The van der Waals surface area contributed by atoms with E-state index in [-0.39, 0.29) is 36.2 Å². The van der Waals surface area contributed by atoms with E-state index in [9.17, 15) is 19.5 Å². The third-order valence-corrected chi connectivity index (χ3v) is 10.7. The number of rotatable bonds is 43. The number of ether oxygens (including phenoxy) is 3. The van der Waals surface area contributed by atoms with Gasteiger partial charge in [0, 0.05) is 19.3 Å². The summed E-state index contributed by atoms with van der Waals surface area (Å²) >= 11 is 0. The molecule has 59 heavy (non-hydrogen) atoms. The normalized spacial score (nSPS) is 13.3. The van der Waals surface area contributed by atoms with Crippen LogP contribution in [0, 0.1) is 0 Å². The Balaban J connectivity index is 4.25. The molecule has 0 heterocycles. The van der Waals surface area contributed by atoms with Crippen LogP contribution in [0.1, 0.15) is 206 Å². The molecule has 2 atom stereocenters. The lowest BCUT2D eigenvalue weighted by Gasteiger charge is -2.31. The maximum Gasteiger partial charge on any atom is 0.362 e. The summed E-state index contributed by atoms with van der Waals surface area (Å²) in [6.45, 7) is 4.61. The smallest absolute Gasteiger partial charge is 0.362 e. The Morgan fingerprint density at radius 1 is 0.525 bits per heavy atom. The first kappa shape index (κ1) is 56.3. The van der Waals surface area contributed by atoms with Gasteiger partial charge in [-0.15, -0.1) is 0 Å². The van der Waals surface area contributed by atoms with Crippen LogP contribution in [-0.4, -0.2) is 80.6 Å². The second-order valence-electron chi connectivity index (χ2n) is 17.3. The van der Waals surface area contributed by atoms with Gasteiger partial charge >= 0.3 is 17.9 Å². The van der Waals surface area contributed by atoms with Gasteiger partial charge in [0.1, 0.15) is 6.61 Å². The number of carbonyl (C=O) groups is 3. The first-order chi connectivity index (χ1) is 28.6. The third-order valence-electron chi connectivity index (χ3n) is 10.7. The molecule has 0 fully saturated rings. The van der Waals surface area contributed by atoms with E-state index in [1.807, 2.05) is 21.1 Å². The van der Waals surface area contributed by atoms with Gasteiger partial charge in [-0.2, -0.15) is 0 Å². The number of hydrogen-bond donors (Lipinski definition) is 1. The Kier molecular flexibility index (Phi) is 40.1. The maximum atomic E-state index is 12.8. The molecule has 0 rings (SSSR count). The molecule has 0 aromatic heterocycles. The Bertz CT molecular complexity index is 1110. The summed E-state index contributed by atoms with van der Waals surface area (Å²) in [7, 11) is 5.52. The van der Waals surface area contributed by atoms with Crippen LogP contribution in [0.15, 0.2) is 48.6 Å². The molecule has 0 saturated carbocycles. The summed E-state index contributed by atoms with van der Waals surface area (Å²) < 4.78 is 17.3.